The number of rotatable bonds is 3. The number of nitrogens with zero attached hydrogens (tertiary/aromatic N) is 3. The quantitative estimate of drug-likeness (QED) is 0.771. The Hall–Kier alpha value is -2.89. The summed E-state index contributed by atoms with van der Waals surface area (Å²) in [5.74, 6) is -1.01. The minimum atomic E-state index is -1.01. The van der Waals surface area contributed by atoms with E-state index >= 15 is 0 Å². The van der Waals surface area contributed by atoms with Crippen molar-refractivity contribution in [3.63, 3.8) is 0 Å². The molecule has 0 radical (unpaired) electrons. The van der Waals surface area contributed by atoms with Gasteiger partial charge in [0.05, 0.1) is 22.5 Å². The van der Waals surface area contributed by atoms with Gasteiger partial charge in [0.2, 0.25) is 0 Å². The Labute approximate surface area is 121 Å². The van der Waals surface area contributed by atoms with Gasteiger partial charge in [-0.15, -0.1) is 0 Å². The molecule has 0 atom stereocenters. The maximum Gasteiger partial charge on any atom is 0.339 e. The number of carboxylic acid groups (broad SMARTS) is 1. The van der Waals surface area contributed by atoms with Gasteiger partial charge in [-0.05, 0) is 19.1 Å². The maximum absolute atomic E-state index is 11.3. The van der Waals surface area contributed by atoms with E-state index in [1.807, 2.05) is 37.3 Å². The second-order valence-corrected chi connectivity index (χ2v) is 4.63. The molecule has 2 aromatic heterocycles. The molecule has 6 heteroatoms. The van der Waals surface area contributed by atoms with Crippen LogP contribution in [-0.2, 0) is 0 Å². The second kappa shape index (κ2) is 4.90. The van der Waals surface area contributed by atoms with Crippen LogP contribution in [0.25, 0.3) is 16.7 Å². The van der Waals surface area contributed by atoms with Crippen LogP contribution in [0, 0.1) is 6.92 Å². The number of hydrogen-bond acceptors (Lipinski definition) is 4. The lowest BCUT2D eigenvalue weighted by molar-refractivity contribution is 0.0697. The number of benzene rings is 1. The molecule has 0 aliphatic rings. The smallest absolute Gasteiger partial charge is 0.339 e. The summed E-state index contributed by atoms with van der Waals surface area (Å²) in [5.41, 5.74) is 2.92. The van der Waals surface area contributed by atoms with Gasteiger partial charge < -0.3 is 10.4 Å². The summed E-state index contributed by atoms with van der Waals surface area (Å²) in [6.07, 6.45) is 1.36. The molecule has 0 bridgehead atoms. The van der Waals surface area contributed by atoms with Crippen LogP contribution in [0.3, 0.4) is 0 Å². The molecule has 0 aliphatic carbocycles. The van der Waals surface area contributed by atoms with E-state index in [1.54, 1.807) is 11.7 Å². The van der Waals surface area contributed by atoms with E-state index in [-0.39, 0.29) is 5.56 Å². The van der Waals surface area contributed by atoms with Crippen LogP contribution >= 0.6 is 0 Å². The molecule has 3 rings (SSSR count). The summed E-state index contributed by atoms with van der Waals surface area (Å²) in [6, 6.07) is 9.62. The van der Waals surface area contributed by atoms with E-state index in [0.29, 0.717) is 11.3 Å². The lowest BCUT2D eigenvalue weighted by atomic mass is 10.1. The number of aryl methyl sites for hydroxylation is 1. The zero-order chi connectivity index (χ0) is 15.0. The predicted molar refractivity (Wildman–Crippen MR) is 80.1 cm³/mol. The minimum absolute atomic E-state index is 0.140. The molecule has 0 saturated heterocycles. The van der Waals surface area contributed by atoms with Crippen molar-refractivity contribution >= 4 is 22.7 Å². The first kappa shape index (κ1) is 13.1. The van der Waals surface area contributed by atoms with E-state index in [1.165, 1.54) is 6.20 Å². The topological polar surface area (TPSA) is 80.0 Å². The lowest BCUT2D eigenvalue weighted by Gasteiger charge is -2.07. The highest BCUT2D eigenvalue weighted by atomic mass is 16.4. The number of anilines is 1. The van der Waals surface area contributed by atoms with Crippen LogP contribution in [0.15, 0.2) is 36.5 Å². The number of fused-ring (bicyclic) bond motifs is 1. The van der Waals surface area contributed by atoms with Crippen LogP contribution < -0.4 is 5.32 Å². The summed E-state index contributed by atoms with van der Waals surface area (Å²) in [6.45, 7) is 1.84. The van der Waals surface area contributed by atoms with Crippen LogP contribution in [-0.4, -0.2) is 32.9 Å². The van der Waals surface area contributed by atoms with Gasteiger partial charge in [-0.3, -0.25) is 0 Å². The van der Waals surface area contributed by atoms with Crippen molar-refractivity contribution in [1.29, 1.82) is 0 Å². The van der Waals surface area contributed by atoms with Gasteiger partial charge >= 0.3 is 5.97 Å². The molecule has 0 amide bonds. The summed E-state index contributed by atoms with van der Waals surface area (Å²) < 4.78 is 1.72. The molecule has 1 aromatic carbocycles. The van der Waals surface area contributed by atoms with Crippen LogP contribution in [0.2, 0.25) is 0 Å². The molecular weight excluding hydrogens is 268 g/mol. The summed E-state index contributed by atoms with van der Waals surface area (Å²) in [7, 11) is 1.69. The van der Waals surface area contributed by atoms with Gasteiger partial charge in [-0.1, -0.05) is 18.2 Å². The molecule has 3 aromatic rings. The number of pyridine rings is 1. The third kappa shape index (κ3) is 2.01. The fourth-order valence-electron chi connectivity index (χ4n) is 2.42. The number of nitrogens with one attached hydrogen (secondary N) is 1. The maximum atomic E-state index is 11.3. The number of aromatic nitrogens is 3. The number of carbonyl (C=O) groups is 1. The first-order valence-electron chi connectivity index (χ1n) is 6.48. The minimum Gasteiger partial charge on any atom is -0.478 e. The molecule has 0 spiro atoms. The molecule has 0 unspecified atom stereocenters. The summed E-state index contributed by atoms with van der Waals surface area (Å²) in [5, 5.41) is 17.4. The first-order valence-corrected chi connectivity index (χ1v) is 6.48. The summed E-state index contributed by atoms with van der Waals surface area (Å²) in [4.78, 5) is 15.6. The largest absolute Gasteiger partial charge is 0.478 e. The third-order valence-electron chi connectivity index (χ3n) is 3.35. The predicted octanol–water partition coefficient (Wildman–Crippen LogP) is 2.47. The Balaban J connectivity index is 2.35. The number of para-hydroxylation sites is 1. The molecular formula is C15H14N4O2. The van der Waals surface area contributed by atoms with E-state index < -0.39 is 5.97 Å². The fourth-order valence-corrected chi connectivity index (χ4v) is 2.42. The fraction of sp³-hybridized carbons (Fsp3) is 0.133. The molecule has 106 valence electrons. The highest BCUT2D eigenvalue weighted by molar-refractivity contribution is 6.04. The number of aromatic carboxylic acids is 1. The Kier molecular flexibility index (Phi) is 3.06. The average Bonchev–Trinajstić information content (AvgIpc) is 2.84. The molecule has 0 saturated carbocycles. The van der Waals surface area contributed by atoms with E-state index in [2.05, 4.69) is 15.4 Å². The highest BCUT2D eigenvalue weighted by Gasteiger charge is 2.19. The average molecular weight is 282 g/mol. The van der Waals surface area contributed by atoms with E-state index in [0.717, 1.165) is 16.8 Å². The van der Waals surface area contributed by atoms with Gasteiger partial charge in [0, 0.05) is 13.2 Å². The third-order valence-corrected chi connectivity index (χ3v) is 3.35. The van der Waals surface area contributed by atoms with Crippen LogP contribution in [0.4, 0.5) is 5.69 Å². The molecule has 6 nitrogen and oxygen atoms in total. The van der Waals surface area contributed by atoms with Crippen molar-refractivity contribution in [2.75, 3.05) is 12.4 Å². The normalized spacial score (nSPS) is 10.8. The van der Waals surface area contributed by atoms with Crippen molar-refractivity contribution in [2.24, 2.45) is 0 Å². The zero-order valence-corrected chi connectivity index (χ0v) is 11.7. The van der Waals surface area contributed by atoms with Crippen molar-refractivity contribution < 1.29 is 9.90 Å². The van der Waals surface area contributed by atoms with Crippen LogP contribution in [0.5, 0.6) is 0 Å². The van der Waals surface area contributed by atoms with Crippen molar-refractivity contribution in [3.8, 4) is 5.69 Å². The van der Waals surface area contributed by atoms with E-state index in [9.17, 15) is 9.90 Å². The second-order valence-electron chi connectivity index (χ2n) is 4.63. The molecule has 2 N–H and O–H groups in total. The Morgan fingerprint density at radius 3 is 2.62 bits per heavy atom. The Morgan fingerprint density at radius 2 is 2.00 bits per heavy atom. The van der Waals surface area contributed by atoms with Gasteiger partial charge in [-0.2, -0.15) is 5.10 Å². The zero-order valence-electron chi connectivity index (χ0n) is 11.7. The molecule has 21 heavy (non-hydrogen) atoms. The van der Waals surface area contributed by atoms with Gasteiger partial charge in [0.15, 0.2) is 5.65 Å². The molecule has 2 heterocycles. The Bertz CT molecular complexity index is 825. The lowest BCUT2D eigenvalue weighted by Crippen LogP contribution is -2.05. The summed E-state index contributed by atoms with van der Waals surface area (Å²) >= 11 is 0. The Morgan fingerprint density at radius 1 is 1.29 bits per heavy atom. The van der Waals surface area contributed by atoms with Crippen molar-refractivity contribution in [1.82, 2.24) is 14.8 Å². The van der Waals surface area contributed by atoms with Crippen LogP contribution in [0.1, 0.15) is 16.1 Å². The van der Waals surface area contributed by atoms with Crippen molar-refractivity contribution in [3.05, 3.63) is 47.8 Å². The molecule has 0 aliphatic heterocycles. The van der Waals surface area contributed by atoms with Gasteiger partial charge in [0.25, 0.3) is 0 Å². The van der Waals surface area contributed by atoms with E-state index in [4.69, 9.17) is 0 Å². The molecule has 0 fully saturated rings. The van der Waals surface area contributed by atoms with Crippen molar-refractivity contribution in [2.45, 2.75) is 6.92 Å². The number of hydrogen-bond donors (Lipinski definition) is 2. The van der Waals surface area contributed by atoms with Gasteiger partial charge in [0.1, 0.15) is 5.56 Å². The SMILES string of the molecule is CNc1c(C(=O)O)cnc2c1c(C)nn2-c1ccccc1. The highest BCUT2D eigenvalue weighted by Crippen LogP contribution is 2.29. The monoisotopic (exact) mass is 282 g/mol. The first-order chi connectivity index (χ1) is 10.1. The standard InChI is InChI=1S/C15H14N4O2/c1-9-12-13(16-2)11(15(20)21)8-17-14(12)19(18-9)10-6-4-3-5-7-10/h3-8H,1-2H3,(H,16,17)(H,20,21). The number of carboxylic acids is 1. The van der Waals surface area contributed by atoms with Gasteiger partial charge in [-0.25, -0.2) is 14.5 Å².